The number of hydrogen-bond donors (Lipinski definition) is 1. The van der Waals surface area contributed by atoms with Gasteiger partial charge in [0.05, 0.1) is 5.69 Å². The van der Waals surface area contributed by atoms with Crippen LogP contribution in [0.1, 0.15) is 45.6 Å². The van der Waals surface area contributed by atoms with Crippen LogP contribution in [0.2, 0.25) is 0 Å². The highest BCUT2D eigenvalue weighted by molar-refractivity contribution is 7.14. The van der Waals surface area contributed by atoms with Gasteiger partial charge in [-0.2, -0.15) is 0 Å². The van der Waals surface area contributed by atoms with Crippen molar-refractivity contribution < 1.29 is 14.3 Å². The van der Waals surface area contributed by atoms with E-state index >= 15 is 0 Å². The zero-order chi connectivity index (χ0) is 15.5. The summed E-state index contributed by atoms with van der Waals surface area (Å²) in [6.45, 7) is 1.55. The molecule has 0 radical (unpaired) electrons. The van der Waals surface area contributed by atoms with Gasteiger partial charge in [0.15, 0.2) is 5.13 Å². The number of fused-ring (bicyclic) bond motifs is 1. The first kappa shape index (κ1) is 15.2. The van der Waals surface area contributed by atoms with Crippen LogP contribution in [0.4, 0.5) is 5.13 Å². The number of anilines is 1. The molecule has 0 saturated heterocycles. The number of nitrogens with one attached hydrogen (secondary N) is 1. The minimum absolute atomic E-state index is 0.123. The summed E-state index contributed by atoms with van der Waals surface area (Å²) in [5.41, 5.74) is 1.94. The Kier molecular flexibility index (Phi) is 4.54. The third kappa shape index (κ3) is 3.53. The van der Waals surface area contributed by atoms with Crippen LogP contribution in [0.25, 0.3) is 0 Å². The highest BCUT2D eigenvalue weighted by atomic mass is 32.1. The summed E-state index contributed by atoms with van der Waals surface area (Å²) in [6.07, 6.45) is 4.53. The van der Waals surface area contributed by atoms with E-state index in [0.29, 0.717) is 15.7 Å². The van der Waals surface area contributed by atoms with E-state index in [9.17, 15) is 9.59 Å². The van der Waals surface area contributed by atoms with Gasteiger partial charge in [-0.3, -0.25) is 4.79 Å². The molecule has 2 aromatic rings. The molecule has 1 amide bonds. The fraction of sp³-hybridized carbons (Fsp3) is 0.400. The first-order chi connectivity index (χ1) is 10.6. The Morgan fingerprint density at radius 3 is 2.95 bits per heavy atom. The molecule has 1 aliphatic rings. The van der Waals surface area contributed by atoms with E-state index in [1.807, 2.05) is 6.07 Å². The molecule has 0 aliphatic heterocycles. The monoisotopic (exact) mass is 336 g/mol. The maximum Gasteiger partial charge on any atom is 0.348 e. The van der Waals surface area contributed by atoms with Gasteiger partial charge in [0.25, 0.3) is 0 Å². The number of thiazole rings is 1. The Balaban J connectivity index is 1.59. The maximum atomic E-state index is 12.1. The quantitative estimate of drug-likeness (QED) is 0.869. The molecule has 0 unspecified atom stereocenters. The summed E-state index contributed by atoms with van der Waals surface area (Å²) in [4.78, 5) is 29.2. The number of thiophene rings is 1. The molecule has 116 valence electrons. The lowest BCUT2D eigenvalue weighted by Gasteiger charge is -2.08. The van der Waals surface area contributed by atoms with Crippen LogP contribution in [0, 0.1) is 0 Å². The number of amides is 1. The van der Waals surface area contributed by atoms with Gasteiger partial charge in [-0.1, -0.05) is 0 Å². The van der Waals surface area contributed by atoms with Gasteiger partial charge in [0.2, 0.25) is 5.91 Å². The minimum atomic E-state index is -0.298. The number of carbonyl (C=O) groups is 2. The average Bonchev–Trinajstić information content (AvgIpc) is 3.10. The van der Waals surface area contributed by atoms with Crippen molar-refractivity contribution in [3.63, 3.8) is 0 Å². The van der Waals surface area contributed by atoms with Gasteiger partial charge >= 0.3 is 5.97 Å². The first-order valence-corrected chi connectivity index (χ1v) is 8.82. The lowest BCUT2D eigenvalue weighted by molar-refractivity contribution is -0.114. The molecule has 0 aromatic carbocycles. The van der Waals surface area contributed by atoms with E-state index in [1.165, 1.54) is 41.5 Å². The number of nitrogens with zero attached hydrogens (tertiary/aromatic N) is 1. The Morgan fingerprint density at radius 1 is 1.36 bits per heavy atom. The minimum Gasteiger partial charge on any atom is -0.455 e. The highest BCUT2D eigenvalue weighted by Gasteiger charge is 2.18. The second kappa shape index (κ2) is 6.58. The molecule has 0 fully saturated rings. The Hall–Kier alpha value is -1.73. The van der Waals surface area contributed by atoms with Crippen molar-refractivity contribution in [3.8, 4) is 0 Å². The van der Waals surface area contributed by atoms with E-state index in [1.54, 1.807) is 16.7 Å². The summed E-state index contributed by atoms with van der Waals surface area (Å²) >= 11 is 2.86. The van der Waals surface area contributed by atoms with Gasteiger partial charge in [0, 0.05) is 17.2 Å². The fourth-order valence-electron chi connectivity index (χ4n) is 2.38. The molecule has 22 heavy (non-hydrogen) atoms. The second-order valence-electron chi connectivity index (χ2n) is 5.17. The van der Waals surface area contributed by atoms with Crippen LogP contribution < -0.4 is 5.32 Å². The van der Waals surface area contributed by atoms with Gasteiger partial charge in [0.1, 0.15) is 11.5 Å². The number of hydrogen-bond acceptors (Lipinski definition) is 6. The normalized spacial score (nSPS) is 13.5. The third-order valence-corrected chi connectivity index (χ3v) is 5.41. The number of carbonyl (C=O) groups excluding carboxylic acids is 2. The summed E-state index contributed by atoms with van der Waals surface area (Å²) < 4.78 is 5.31. The molecule has 2 aromatic heterocycles. The zero-order valence-corrected chi connectivity index (χ0v) is 13.8. The van der Waals surface area contributed by atoms with E-state index in [0.717, 1.165) is 12.8 Å². The van der Waals surface area contributed by atoms with Crippen LogP contribution in [0.3, 0.4) is 0 Å². The van der Waals surface area contributed by atoms with Crippen molar-refractivity contribution >= 4 is 39.7 Å². The summed E-state index contributed by atoms with van der Waals surface area (Å²) in [6, 6.07) is 1.96. The predicted molar refractivity (Wildman–Crippen MR) is 86.5 cm³/mol. The summed E-state index contributed by atoms with van der Waals surface area (Å²) in [7, 11) is 0. The molecule has 0 atom stereocenters. The molecular weight excluding hydrogens is 320 g/mol. The summed E-state index contributed by atoms with van der Waals surface area (Å²) in [5, 5.41) is 4.90. The van der Waals surface area contributed by atoms with Gasteiger partial charge in [-0.25, -0.2) is 9.78 Å². The van der Waals surface area contributed by atoms with Crippen molar-refractivity contribution in [2.75, 3.05) is 5.32 Å². The van der Waals surface area contributed by atoms with Crippen LogP contribution in [0.15, 0.2) is 11.4 Å². The van der Waals surface area contributed by atoms with E-state index in [4.69, 9.17) is 4.74 Å². The molecule has 7 heteroatoms. The van der Waals surface area contributed by atoms with Crippen molar-refractivity contribution in [2.45, 2.75) is 39.2 Å². The molecular formula is C15H16N2O3S2. The zero-order valence-electron chi connectivity index (χ0n) is 12.2. The molecule has 1 aliphatic carbocycles. The first-order valence-electron chi connectivity index (χ1n) is 7.12. The number of ether oxygens (including phenoxy) is 1. The van der Waals surface area contributed by atoms with E-state index in [2.05, 4.69) is 10.3 Å². The van der Waals surface area contributed by atoms with Crippen LogP contribution >= 0.6 is 22.7 Å². The molecule has 3 rings (SSSR count). The Morgan fingerprint density at radius 2 is 2.18 bits per heavy atom. The molecule has 5 nitrogen and oxygen atoms in total. The van der Waals surface area contributed by atoms with Crippen molar-refractivity contribution in [3.05, 3.63) is 32.5 Å². The standard InChI is InChI=1S/C15H16N2O3S2/c1-9(18)16-15-17-11(8-21-15)7-20-14(19)13-6-10-4-2-3-5-12(10)22-13/h6,8H,2-5,7H2,1H3,(H,16,17,18). The molecule has 2 heterocycles. The van der Waals surface area contributed by atoms with Crippen molar-refractivity contribution in [1.82, 2.24) is 4.98 Å². The van der Waals surface area contributed by atoms with Crippen LogP contribution in [-0.4, -0.2) is 16.9 Å². The second-order valence-corrected chi connectivity index (χ2v) is 7.16. The Labute approximate surface area is 136 Å². The smallest absolute Gasteiger partial charge is 0.348 e. The lowest BCUT2D eigenvalue weighted by atomic mass is 9.99. The SMILES string of the molecule is CC(=O)Nc1nc(COC(=O)c2cc3c(s2)CCCC3)cs1. The number of rotatable bonds is 4. The lowest BCUT2D eigenvalue weighted by Crippen LogP contribution is -2.06. The van der Waals surface area contributed by atoms with E-state index in [-0.39, 0.29) is 18.5 Å². The Bertz CT molecular complexity index is 682. The molecule has 0 saturated carbocycles. The number of aromatic nitrogens is 1. The average molecular weight is 336 g/mol. The van der Waals surface area contributed by atoms with Crippen LogP contribution in [-0.2, 0) is 29.0 Å². The van der Waals surface area contributed by atoms with Crippen LogP contribution in [0.5, 0.6) is 0 Å². The van der Waals surface area contributed by atoms with Gasteiger partial charge < -0.3 is 10.1 Å². The molecule has 1 N–H and O–H groups in total. The van der Waals surface area contributed by atoms with Crippen molar-refractivity contribution in [2.24, 2.45) is 0 Å². The van der Waals surface area contributed by atoms with Gasteiger partial charge in [-0.05, 0) is 37.3 Å². The summed E-state index contributed by atoms with van der Waals surface area (Å²) in [5.74, 6) is -0.462. The highest BCUT2D eigenvalue weighted by Crippen LogP contribution is 2.30. The third-order valence-electron chi connectivity index (χ3n) is 3.38. The van der Waals surface area contributed by atoms with Gasteiger partial charge in [-0.15, -0.1) is 22.7 Å². The molecule has 0 bridgehead atoms. The molecule has 0 spiro atoms. The van der Waals surface area contributed by atoms with Crippen molar-refractivity contribution in [1.29, 1.82) is 0 Å². The topological polar surface area (TPSA) is 68.3 Å². The number of esters is 1. The number of aryl methyl sites for hydroxylation is 2. The maximum absolute atomic E-state index is 12.1. The predicted octanol–water partition coefficient (Wildman–Crippen LogP) is 3.40. The van der Waals surface area contributed by atoms with E-state index < -0.39 is 0 Å². The largest absolute Gasteiger partial charge is 0.455 e. The fourth-order valence-corrected chi connectivity index (χ4v) is 4.27.